The smallest absolute Gasteiger partial charge is 0.397 e. The normalized spacial score (nSPS) is 39.6. The molecule has 9 saturated heterocycles. The van der Waals surface area contributed by atoms with Gasteiger partial charge in [-0.05, 0) is 19.1 Å². The van der Waals surface area contributed by atoms with Crippen LogP contribution >= 0.6 is 46.3 Å². The molecule has 0 spiro atoms. The summed E-state index contributed by atoms with van der Waals surface area (Å²) < 4.78 is 187. The first kappa shape index (κ1) is 93.7. The van der Waals surface area contributed by atoms with Crippen molar-refractivity contribution in [1.82, 2.24) is 82.7 Å². The van der Waals surface area contributed by atoms with E-state index >= 15 is 0 Å². The summed E-state index contributed by atoms with van der Waals surface area (Å²) in [4.78, 5) is 114. The lowest BCUT2D eigenvalue weighted by molar-refractivity contribution is -0.170. The van der Waals surface area contributed by atoms with Crippen molar-refractivity contribution in [3.63, 3.8) is 0 Å². The van der Waals surface area contributed by atoms with Crippen LogP contribution in [0.25, 0.3) is 33.5 Å². The number of aliphatic hydroxyl groups excluding tert-OH is 4. The van der Waals surface area contributed by atoms with Gasteiger partial charge in [-0.25, -0.2) is 73.5 Å². The predicted molar refractivity (Wildman–Crippen MR) is 440 cm³/mol. The number of fused-ring (bicyclic) bond motifs is 15. The molecule has 31 atom stereocenters. The maximum absolute atomic E-state index is 13.2. The lowest BCUT2D eigenvalue weighted by atomic mass is 10.1. The molecule has 6 bridgehead atoms. The molecule has 66 nitrogen and oxygen atoms in total. The van der Waals surface area contributed by atoms with Crippen molar-refractivity contribution >= 4 is 132 Å². The number of phosphoric ester groups is 3. The Morgan fingerprint density at radius 1 is 0.403 bits per heavy atom. The van der Waals surface area contributed by atoms with Crippen molar-refractivity contribution in [2.75, 3.05) is 72.0 Å². The zero-order chi connectivity index (χ0) is 94.6. The lowest BCUT2D eigenvalue weighted by Gasteiger charge is -2.27. The molecule has 13 unspecified atom stereocenters. The Labute approximate surface area is 746 Å². The number of aliphatic hydroxyl groups is 4. The molecule has 0 aromatic carbocycles. The minimum Gasteiger partial charge on any atom is -0.397 e. The fraction of sp³-hybridized carbons (Fsp3) is 0.548. The van der Waals surface area contributed by atoms with E-state index in [9.17, 15) is 77.2 Å². The largest absolute Gasteiger partial charge is 0.472 e. The highest BCUT2D eigenvalue weighted by molar-refractivity contribution is 7.53. The van der Waals surface area contributed by atoms with Crippen LogP contribution in [0.1, 0.15) is 91.6 Å². The van der Waals surface area contributed by atoms with E-state index in [2.05, 4.69) is 86.1 Å². The number of nitrogen functional groups attached to an aromatic ring is 3. The predicted octanol–water partition coefficient (Wildman–Crippen LogP) is -4.42. The Bertz CT molecular complexity index is 6430. The second kappa shape index (κ2) is 35.6. The van der Waals surface area contributed by atoms with Gasteiger partial charge in [-0.2, -0.15) is 4.68 Å². The van der Waals surface area contributed by atoms with Crippen LogP contribution in [-0.2, 0) is 111 Å². The monoisotopic (exact) mass is 2010 g/mol. The van der Waals surface area contributed by atoms with Crippen LogP contribution in [0.5, 0.6) is 0 Å². The number of nitrogens with two attached hydrogens (primary N) is 9. The molecule has 726 valence electrons. The highest BCUT2D eigenvalue weighted by Gasteiger charge is 2.59. The summed E-state index contributed by atoms with van der Waals surface area (Å²) in [5, 5.41) is 60.2. The zero-order valence-electron chi connectivity index (χ0n) is 68.4. The van der Waals surface area contributed by atoms with Crippen LogP contribution in [0.4, 0.5) is 34.6 Å². The lowest BCUT2D eigenvalue weighted by Crippen LogP contribution is -2.36. The molecule has 9 fully saturated rings. The zero-order valence-corrected chi connectivity index (χ0v) is 73.7. The van der Waals surface area contributed by atoms with Gasteiger partial charge in [-0.1, -0.05) is 5.21 Å². The molecular weight excluding hydrogens is 1920 g/mol. The van der Waals surface area contributed by atoms with Crippen molar-refractivity contribution in [3.05, 3.63) is 79.1 Å². The fourth-order valence-corrected chi connectivity index (χ4v) is 22.2. The van der Waals surface area contributed by atoms with Gasteiger partial charge in [0.2, 0.25) is 0 Å². The highest BCUT2D eigenvalue weighted by atomic mass is 31.2. The van der Waals surface area contributed by atoms with Gasteiger partial charge in [0.25, 0.3) is 0 Å². The van der Waals surface area contributed by atoms with Crippen molar-refractivity contribution in [3.8, 4) is 0 Å². The number of imidazole rings is 5. The molecule has 12 aliphatic heterocycles. The third-order valence-corrected chi connectivity index (χ3v) is 28.4. The molecule has 12 aliphatic rings. The van der Waals surface area contributed by atoms with Gasteiger partial charge in [0.15, 0.2) is 109 Å². The number of anilines is 6. The number of hydrogen-bond acceptors (Lipinski definition) is 54. The average Bonchev–Trinajstić information content (AvgIpc) is 1.61. The number of guanidine groups is 3. The number of ether oxygens (including phenoxy) is 9. The van der Waals surface area contributed by atoms with E-state index < -0.39 is 239 Å². The number of aromatic nitrogens is 17. The summed E-state index contributed by atoms with van der Waals surface area (Å²) in [6, 6.07) is 3.10. The maximum Gasteiger partial charge on any atom is 0.472 e. The van der Waals surface area contributed by atoms with Crippen LogP contribution in [0.15, 0.2) is 71.1 Å². The first-order valence-electron chi connectivity index (χ1n) is 39.7. The number of rotatable bonds is 6. The van der Waals surface area contributed by atoms with Crippen molar-refractivity contribution in [2.24, 2.45) is 49.4 Å². The van der Waals surface area contributed by atoms with E-state index in [0.29, 0.717) is 45.0 Å². The third-order valence-electron chi connectivity index (χ3n) is 22.3. The Kier molecular flexibility index (Phi) is 24.9. The van der Waals surface area contributed by atoms with Gasteiger partial charge in [0, 0.05) is 25.2 Å². The van der Waals surface area contributed by atoms with Gasteiger partial charge >= 0.3 is 46.3 Å². The number of phosphoric acid groups is 3. The SMILES string of the molecule is Cc1nc(N)c2ncn([C@H]3C[C@H]4OP(=O)(O)CO[C@H]5O[C@@H](n6cnc7c6NC(N)=NC7N)C(OP(=O)(O)OC[C@H]4O3)[C@H]5O)c2n1.NC1=NC(N)c2ncn([C@@H]3O[C@@H]4OCP(=O)(O)O[C@@H]5C[C@H](n6cnc7c(N)ccnc76)O[C@@H]5COP(=O)(O)OC3[C@H]4O)c2N1.NC1=NC(N)c2nnn([C@@H]3O[C@@H]4OCP(=O)(O)O[C@@H]5C(O)[C@H](n6cnc7c(N)ccnc76)O[C@@H]5COP(=O)(O)OC3[C@H]4O)c2N1. The summed E-state index contributed by atoms with van der Waals surface area (Å²) in [6.45, 7) is -0.389. The Hall–Kier alpha value is -9.30. The van der Waals surface area contributed by atoms with Gasteiger partial charge < -0.3 is 169 Å². The van der Waals surface area contributed by atoms with Crippen molar-refractivity contribution in [1.29, 1.82) is 0 Å². The minimum absolute atomic E-state index is 0.00231. The van der Waals surface area contributed by atoms with E-state index in [0.717, 1.165) is 4.68 Å². The molecule has 31 N–H and O–H groups in total. The van der Waals surface area contributed by atoms with Gasteiger partial charge in [0.05, 0.1) is 62.8 Å². The molecule has 9 aromatic heterocycles. The molecular formula is C62H84N32O34P6. The number of nitrogens with zero attached hydrogens (tertiary/aromatic N) is 20. The molecule has 21 rings (SSSR count). The average molecular weight is 2010 g/mol. The first-order chi connectivity index (χ1) is 63.5. The fourth-order valence-electron chi connectivity index (χ4n) is 16.3. The standard InChI is InChI=1S/C21H29N11O11P2.C21H28N10O11P2.C20H27N11O12P2/c1-7-27-15(22)11-17(28-7)31(4-25-11)10-2-8-9(40-10)3-39-45(36,37)43-14-13(33)20(38-6-44(34,35)42-8)41-19(14)32-5-26-12-16(23)29-21(24)30-18(12)32;22-8-1-2-25-17-12(8)26-5-30(17)11-3-9-10(39-11)4-38-44(35,36)42-15-14(32)20(37-7-43(33,34)41-9)40-19(15)31-6-27-13-16(23)28-21(24)29-18(13)31;21-6-1-2-24-15-8(6)25-4-30(15)17-10(32)12-7(40-17)3-39-45(36,37)43-13-11(33)19(38-5-44(34,35)42-12)41-18(13)31-16-9(28-29-31)14(22)26-20(23)27-16/h4-5,8-10,13-14,16,19-20,33H,2-3,6,23H2,1H3,(H,34,35)(H,36,37)(H2,22,27,28)(H3,24,29,30);1-2,5-6,9-11,14-16,19-20,32H,3-4,7,23H2,(H2,22,25)(H,33,34)(H,35,36)(H3,24,28,29);1-2,4,7,10-14,17-19,32-33H,3,5,22H2,(H2,21,24)(H,34,35)(H,36,37)(H3,23,26,27)/t8-,9-,10-,13-,14?,16?,19-,20+;9-,10-,11-,14-,15?,16?,19-,20+;7-,10?,11-,12+,13?,14?,17-,18-,19+/m111/s1. The van der Waals surface area contributed by atoms with Crippen LogP contribution in [0.3, 0.4) is 0 Å². The molecule has 21 heterocycles. The van der Waals surface area contributed by atoms with Crippen molar-refractivity contribution < 1.29 is 161 Å². The Morgan fingerprint density at radius 3 is 1.29 bits per heavy atom. The summed E-state index contributed by atoms with van der Waals surface area (Å²) in [6.07, 6.45) is -28.1. The number of nitrogens with one attached hydrogen (secondary N) is 3. The molecule has 0 aliphatic carbocycles. The van der Waals surface area contributed by atoms with E-state index in [-0.39, 0.29) is 76.7 Å². The number of aliphatic imine (C=N–C) groups is 3. The summed E-state index contributed by atoms with van der Waals surface area (Å²) in [5.41, 5.74) is 56.4. The van der Waals surface area contributed by atoms with Gasteiger partial charge in [0.1, 0.15) is 161 Å². The third kappa shape index (κ3) is 18.3. The molecule has 134 heavy (non-hydrogen) atoms. The van der Waals surface area contributed by atoms with Crippen LogP contribution in [0, 0.1) is 6.92 Å². The van der Waals surface area contributed by atoms with Crippen LogP contribution in [-0.4, -0.2) is 287 Å². The Morgan fingerprint density at radius 2 is 0.806 bits per heavy atom. The van der Waals surface area contributed by atoms with E-state index in [4.69, 9.17) is 135 Å². The van der Waals surface area contributed by atoms with E-state index in [1.807, 2.05) is 0 Å². The van der Waals surface area contributed by atoms with Crippen LogP contribution < -0.4 is 67.6 Å². The van der Waals surface area contributed by atoms with Crippen molar-refractivity contribution in [2.45, 2.75) is 174 Å². The summed E-state index contributed by atoms with van der Waals surface area (Å²) in [5.74, 6) is 0.813. The number of aryl methyl sites for hydroxylation is 1. The maximum atomic E-state index is 13.2. The molecule has 0 saturated carbocycles. The first-order valence-corrected chi connectivity index (χ1v) is 49.5. The van der Waals surface area contributed by atoms with Gasteiger partial charge in [-0.15, -0.1) is 5.10 Å². The molecule has 72 heteroatoms. The quantitative estimate of drug-likeness (QED) is 0.0699. The number of pyridine rings is 2. The Balaban J connectivity index is 0.000000129. The van der Waals surface area contributed by atoms with Crippen LogP contribution in [0.2, 0.25) is 0 Å². The summed E-state index contributed by atoms with van der Waals surface area (Å²) >= 11 is 0. The molecule has 0 radical (unpaired) electrons. The molecule has 0 amide bonds. The highest BCUT2D eigenvalue weighted by Crippen LogP contribution is 2.59. The van der Waals surface area contributed by atoms with Gasteiger partial charge in [-0.3, -0.25) is 68.2 Å². The second-order valence-electron chi connectivity index (χ2n) is 31.3. The summed E-state index contributed by atoms with van der Waals surface area (Å²) in [7, 11) is -28.9. The molecule has 9 aromatic rings. The number of hydrogen-bond donors (Lipinski definition) is 22. The topological polar surface area (TPSA) is 950 Å². The minimum atomic E-state index is -5.10. The van der Waals surface area contributed by atoms with E-state index in [1.54, 1.807) is 17.6 Å². The van der Waals surface area contributed by atoms with E-state index in [1.165, 1.54) is 68.4 Å². The second-order valence-corrected chi connectivity index (χ2v) is 40.8.